The van der Waals surface area contributed by atoms with Gasteiger partial charge in [0.25, 0.3) is 0 Å². The monoisotopic (exact) mass is 859 g/mol. The van der Waals surface area contributed by atoms with Gasteiger partial charge in [0, 0.05) is 77.0 Å². The summed E-state index contributed by atoms with van der Waals surface area (Å²) < 4.78 is 3.96. The highest BCUT2D eigenvalue weighted by atomic mass is 32.1. The second kappa shape index (κ2) is 14.1. The summed E-state index contributed by atoms with van der Waals surface area (Å²) in [5.74, 6) is 0. The van der Waals surface area contributed by atoms with E-state index in [-0.39, 0.29) is 16.2 Å². The maximum Gasteiger partial charge on any atom is 0.109 e. The molecule has 0 N–H and O–H groups in total. The predicted molar refractivity (Wildman–Crippen MR) is 281 cm³/mol. The van der Waals surface area contributed by atoms with Crippen molar-refractivity contribution in [2.45, 2.75) is 71.6 Å². The maximum absolute atomic E-state index is 2.65. The molecule has 3 aromatic heterocycles. The Morgan fingerprint density at radius 2 is 0.985 bits per heavy atom. The number of fused-ring (bicyclic) bond motifs is 11. The first-order valence-corrected chi connectivity index (χ1v) is 23.8. The van der Waals surface area contributed by atoms with Gasteiger partial charge in [-0.2, -0.15) is 0 Å². The molecule has 0 saturated carbocycles. The molecule has 0 bridgehead atoms. The summed E-state index contributed by atoms with van der Waals surface area (Å²) in [5, 5.41) is 7.88. The first-order valence-electron chi connectivity index (χ1n) is 23.0. The van der Waals surface area contributed by atoms with Gasteiger partial charge in [-0.05, 0) is 129 Å². The number of anilines is 6. The minimum absolute atomic E-state index is 0.0845. The third-order valence-corrected chi connectivity index (χ3v) is 15.3. The summed E-state index contributed by atoms with van der Waals surface area (Å²) in [7, 11) is 0. The molecule has 1 aliphatic carbocycles. The van der Waals surface area contributed by atoms with E-state index in [2.05, 4.69) is 246 Å². The molecular weight excluding hydrogens is 807 g/mol. The molecule has 4 heteroatoms. The molecule has 0 aliphatic heterocycles. The van der Waals surface area contributed by atoms with Gasteiger partial charge in [0.15, 0.2) is 0 Å². The standard InChI is InChI=1S/C61H53N3S/c1-59(2,3)40-23-28-44(29-24-40)62(42-16-11-9-12-17-42)46-27-22-38-35-51-53(36-39(38)34-46)65-58-55(51)50-21-15-20-49-54-48-33-32-47(37-52(48)61(7,8)57(54)64(58)56(49)50)63(43-18-13-10-14-19-43)45-30-25-41(26-31-45)60(4,5)6/h9-37H,1-8H3. The normalized spacial score (nSPS) is 13.7. The largest absolute Gasteiger partial charge is 0.310 e. The molecular formula is C61H53N3S. The first-order chi connectivity index (χ1) is 31.3. The zero-order valence-electron chi connectivity index (χ0n) is 38.5. The molecule has 65 heavy (non-hydrogen) atoms. The molecule has 3 nitrogen and oxygen atoms in total. The van der Waals surface area contributed by atoms with Gasteiger partial charge in [-0.15, -0.1) is 11.3 Å². The molecule has 0 fully saturated rings. The smallest absolute Gasteiger partial charge is 0.109 e. The van der Waals surface area contributed by atoms with Gasteiger partial charge in [-0.25, -0.2) is 0 Å². The van der Waals surface area contributed by atoms with Crippen LogP contribution in [0.25, 0.3) is 58.5 Å². The van der Waals surface area contributed by atoms with Crippen molar-refractivity contribution in [3.8, 4) is 11.1 Å². The summed E-state index contributed by atoms with van der Waals surface area (Å²) in [6, 6.07) is 65.8. The Hall–Kier alpha value is -6.88. The van der Waals surface area contributed by atoms with E-state index in [0.29, 0.717) is 0 Å². The molecule has 8 aromatic carbocycles. The molecule has 0 saturated heterocycles. The van der Waals surface area contributed by atoms with Gasteiger partial charge in [-0.3, -0.25) is 0 Å². The number of aromatic nitrogens is 1. The Labute approximate surface area is 386 Å². The van der Waals surface area contributed by atoms with Crippen molar-refractivity contribution in [3.05, 3.63) is 198 Å². The molecule has 0 unspecified atom stereocenters. The maximum atomic E-state index is 2.65. The van der Waals surface area contributed by atoms with E-state index in [0.717, 1.165) is 28.4 Å². The van der Waals surface area contributed by atoms with Crippen molar-refractivity contribution in [1.29, 1.82) is 0 Å². The second-order valence-electron chi connectivity index (χ2n) is 20.7. The lowest BCUT2D eigenvalue weighted by Gasteiger charge is -2.29. The van der Waals surface area contributed by atoms with Crippen LogP contribution in [0, 0.1) is 0 Å². The van der Waals surface area contributed by atoms with E-state index < -0.39 is 0 Å². The third-order valence-electron chi connectivity index (χ3n) is 14.1. The van der Waals surface area contributed by atoms with E-state index in [1.165, 1.54) is 86.6 Å². The number of rotatable bonds is 6. The van der Waals surface area contributed by atoms with Crippen molar-refractivity contribution in [1.82, 2.24) is 4.40 Å². The average Bonchev–Trinajstić information content (AvgIpc) is 4.00. The molecule has 318 valence electrons. The van der Waals surface area contributed by atoms with E-state index in [1.54, 1.807) is 0 Å². The van der Waals surface area contributed by atoms with Crippen LogP contribution < -0.4 is 9.80 Å². The fourth-order valence-corrected chi connectivity index (χ4v) is 12.0. The molecule has 12 rings (SSSR count). The topological polar surface area (TPSA) is 10.9 Å². The third kappa shape index (κ3) is 6.07. The average molecular weight is 860 g/mol. The molecule has 0 spiro atoms. The summed E-state index contributed by atoms with van der Waals surface area (Å²) in [5.41, 5.74) is 16.3. The molecule has 0 atom stereocenters. The minimum atomic E-state index is -0.251. The number of hydrogen-bond donors (Lipinski definition) is 0. The first kappa shape index (κ1) is 39.7. The Kier molecular flexibility index (Phi) is 8.58. The van der Waals surface area contributed by atoms with Crippen LogP contribution in [-0.2, 0) is 16.2 Å². The van der Waals surface area contributed by atoms with Crippen molar-refractivity contribution in [3.63, 3.8) is 0 Å². The molecule has 0 radical (unpaired) electrons. The fraction of sp³-hybridized carbons (Fsp3) is 0.180. The van der Waals surface area contributed by atoms with Crippen molar-refractivity contribution in [2.75, 3.05) is 9.80 Å². The lowest BCUT2D eigenvalue weighted by Crippen LogP contribution is -2.18. The van der Waals surface area contributed by atoms with Gasteiger partial charge in [-0.1, -0.05) is 146 Å². The van der Waals surface area contributed by atoms with E-state index in [4.69, 9.17) is 0 Å². The van der Waals surface area contributed by atoms with Crippen LogP contribution in [0.15, 0.2) is 176 Å². The number of para-hydroxylation sites is 3. The van der Waals surface area contributed by atoms with Gasteiger partial charge in [0.05, 0.1) is 5.52 Å². The van der Waals surface area contributed by atoms with Gasteiger partial charge in [0.1, 0.15) is 4.83 Å². The minimum Gasteiger partial charge on any atom is -0.310 e. The van der Waals surface area contributed by atoms with Crippen LogP contribution in [0.4, 0.5) is 34.1 Å². The summed E-state index contributed by atoms with van der Waals surface area (Å²) in [6.45, 7) is 18.5. The van der Waals surface area contributed by atoms with Crippen molar-refractivity contribution < 1.29 is 0 Å². The quantitative estimate of drug-likeness (QED) is 0.165. The number of hydrogen-bond acceptors (Lipinski definition) is 3. The lowest BCUT2D eigenvalue weighted by molar-refractivity contribution is 0.590. The SMILES string of the molecule is CC(C)(C)c1ccc(N(c2ccccc2)c2ccc3c(c2)C(C)(C)c2c-3c3cccc4c5c6cc7ccc(N(c8ccccc8)c8ccc(C(C)(C)C)cc8)cc7cc6sc5n2c34)cc1. The molecule has 0 amide bonds. The van der Waals surface area contributed by atoms with E-state index >= 15 is 0 Å². The van der Waals surface area contributed by atoms with Crippen LogP contribution in [0.5, 0.6) is 0 Å². The van der Waals surface area contributed by atoms with E-state index in [1.807, 2.05) is 11.3 Å². The van der Waals surface area contributed by atoms with Crippen LogP contribution in [0.2, 0.25) is 0 Å². The fourth-order valence-electron chi connectivity index (χ4n) is 10.8. The molecule has 11 aromatic rings. The Morgan fingerprint density at radius 1 is 0.462 bits per heavy atom. The second-order valence-corrected chi connectivity index (χ2v) is 21.7. The van der Waals surface area contributed by atoms with Crippen LogP contribution >= 0.6 is 11.3 Å². The van der Waals surface area contributed by atoms with Crippen LogP contribution in [0.3, 0.4) is 0 Å². The highest BCUT2D eigenvalue weighted by Crippen LogP contribution is 2.57. The van der Waals surface area contributed by atoms with Crippen LogP contribution in [-0.4, -0.2) is 4.40 Å². The van der Waals surface area contributed by atoms with Crippen LogP contribution in [0.1, 0.15) is 77.8 Å². The Morgan fingerprint density at radius 3 is 1.57 bits per heavy atom. The van der Waals surface area contributed by atoms with Gasteiger partial charge < -0.3 is 14.2 Å². The zero-order chi connectivity index (χ0) is 44.6. The zero-order valence-corrected chi connectivity index (χ0v) is 39.3. The lowest BCUT2D eigenvalue weighted by atomic mass is 9.85. The highest BCUT2D eigenvalue weighted by Gasteiger charge is 2.42. The number of thiophene rings is 1. The summed E-state index contributed by atoms with van der Waals surface area (Å²) in [6.07, 6.45) is 0. The number of nitrogens with zero attached hydrogens (tertiary/aromatic N) is 3. The predicted octanol–water partition coefficient (Wildman–Crippen LogP) is 17.9. The van der Waals surface area contributed by atoms with Crippen molar-refractivity contribution in [2.24, 2.45) is 0 Å². The molecule has 3 heterocycles. The van der Waals surface area contributed by atoms with Crippen molar-refractivity contribution >= 4 is 92.8 Å². The number of benzene rings is 8. The van der Waals surface area contributed by atoms with Gasteiger partial charge >= 0.3 is 0 Å². The Balaban J connectivity index is 0.997. The van der Waals surface area contributed by atoms with E-state index in [9.17, 15) is 0 Å². The highest BCUT2D eigenvalue weighted by molar-refractivity contribution is 7.25. The summed E-state index contributed by atoms with van der Waals surface area (Å²) in [4.78, 5) is 6.13. The van der Waals surface area contributed by atoms with Gasteiger partial charge in [0.2, 0.25) is 0 Å². The summed E-state index contributed by atoms with van der Waals surface area (Å²) >= 11 is 1.94. The Bertz CT molecular complexity index is 3620. The molecule has 1 aliphatic rings.